The van der Waals surface area contributed by atoms with Gasteiger partial charge in [0.15, 0.2) is 0 Å². The molecule has 0 bridgehead atoms. The molecule has 0 aromatic carbocycles. The molecule has 21 heavy (non-hydrogen) atoms. The molecule has 116 valence electrons. The molecule has 8 heteroatoms. The van der Waals surface area contributed by atoms with Gasteiger partial charge >= 0.3 is 5.69 Å². The summed E-state index contributed by atoms with van der Waals surface area (Å²) < 4.78 is 0. The van der Waals surface area contributed by atoms with E-state index < -0.39 is 0 Å². The largest absolute Gasteiger partial charge is 0.364 e. The topological polar surface area (TPSA) is 87.4 Å². The van der Waals surface area contributed by atoms with Crippen LogP contribution in [0.15, 0.2) is 6.33 Å². The molecule has 1 aromatic rings. The lowest BCUT2D eigenvalue weighted by Crippen LogP contribution is -2.46. The fraction of sp³-hybridized carbons (Fsp3) is 0.692. The van der Waals surface area contributed by atoms with Gasteiger partial charge in [0.25, 0.3) is 0 Å². The average molecular weight is 294 g/mol. The number of hydrogen-bond acceptors (Lipinski definition) is 7. The minimum absolute atomic E-state index is 0.0177. The van der Waals surface area contributed by atoms with Crippen LogP contribution < -0.4 is 10.2 Å². The molecule has 0 unspecified atom stereocenters. The molecular weight excluding hydrogens is 272 g/mol. The first-order valence-electron chi connectivity index (χ1n) is 7.37. The summed E-state index contributed by atoms with van der Waals surface area (Å²) in [5, 5.41) is 14.4. The molecule has 2 heterocycles. The molecule has 1 N–H and O–H groups in total. The Balaban J connectivity index is 2.24. The fourth-order valence-corrected chi connectivity index (χ4v) is 2.42. The highest BCUT2D eigenvalue weighted by Gasteiger charge is 2.28. The molecule has 0 saturated carbocycles. The van der Waals surface area contributed by atoms with Crippen molar-refractivity contribution in [3.05, 3.63) is 16.4 Å². The minimum atomic E-state index is -0.389. The Kier molecular flexibility index (Phi) is 5.26. The van der Waals surface area contributed by atoms with Gasteiger partial charge in [-0.2, -0.15) is 0 Å². The first-order chi connectivity index (χ1) is 10.2. The monoisotopic (exact) mass is 294 g/mol. The SMILES string of the molecule is CCCNc1ncnc(N2CCN(CC)CC2)c1[N+](=O)[O-]. The summed E-state index contributed by atoms with van der Waals surface area (Å²) >= 11 is 0. The van der Waals surface area contributed by atoms with Crippen LogP contribution >= 0.6 is 0 Å². The van der Waals surface area contributed by atoms with E-state index >= 15 is 0 Å². The van der Waals surface area contributed by atoms with E-state index in [-0.39, 0.29) is 10.6 Å². The van der Waals surface area contributed by atoms with Crippen LogP contribution in [0.4, 0.5) is 17.3 Å². The molecule has 0 aliphatic carbocycles. The standard InChI is InChI=1S/C13H22N6O2/c1-3-5-14-12-11(19(20)21)13(16-10-15-12)18-8-6-17(4-2)7-9-18/h10H,3-9H2,1-2H3,(H,14,15,16). The Bertz CT molecular complexity index is 488. The predicted molar refractivity (Wildman–Crippen MR) is 81.8 cm³/mol. The molecular formula is C13H22N6O2. The number of rotatable bonds is 6. The molecule has 0 radical (unpaired) electrons. The summed E-state index contributed by atoms with van der Waals surface area (Å²) in [6, 6.07) is 0. The van der Waals surface area contributed by atoms with Gasteiger partial charge in [-0.25, -0.2) is 9.97 Å². The number of nitrogens with one attached hydrogen (secondary N) is 1. The molecule has 1 aromatic heterocycles. The Morgan fingerprint density at radius 1 is 1.29 bits per heavy atom. The maximum atomic E-state index is 11.4. The number of aromatic nitrogens is 2. The van der Waals surface area contributed by atoms with Crippen LogP contribution in [0.25, 0.3) is 0 Å². The predicted octanol–water partition coefficient (Wildman–Crippen LogP) is 1.35. The highest BCUT2D eigenvalue weighted by Crippen LogP contribution is 2.32. The second-order valence-corrected chi connectivity index (χ2v) is 5.00. The van der Waals surface area contributed by atoms with E-state index in [9.17, 15) is 10.1 Å². The van der Waals surface area contributed by atoms with Crippen molar-refractivity contribution in [3.8, 4) is 0 Å². The van der Waals surface area contributed by atoms with Gasteiger partial charge in [-0.05, 0) is 13.0 Å². The summed E-state index contributed by atoms with van der Waals surface area (Å²) in [6.07, 6.45) is 2.28. The van der Waals surface area contributed by atoms with Crippen molar-refractivity contribution in [2.45, 2.75) is 20.3 Å². The Morgan fingerprint density at radius 2 is 2.00 bits per heavy atom. The minimum Gasteiger partial charge on any atom is -0.364 e. The van der Waals surface area contributed by atoms with Crippen molar-refractivity contribution < 1.29 is 4.92 Å². The van der Waals surface area contributed by atoms with E-state index in [1.807, 2.05) is 11.8 Å². The summed E-state index contributed by atoms with van der Waals surface area (Å²) in [6.45, 7) is 9.08. The molecule has 8 nitrogen and oxygen atoms in total. The average Bonchev–Trinajstić information content (AvgIpc) is 2.52. The molecule has 0 spiro atoms. The lowest BCUT2D eigenvalue weighted by molar-refractivity contribution is -0.383. The third-order valence-corrected chi connectivity index (χ3v) is 3.65. The zero-order valence-corrected chi connectivity index (χ0v) is 12.6. The normalized spacial score (nSPS) is 16.0. The van der Waals surface area contributed by atoms with Gasteiger partial charge in [-0.3, -0.25) is 10.1 Å². The number of piperazine rings is 1. The zero-order valence-electron chi connectivity index (χ0n) is 12.6. The lowest BCUT2D eigenvalue weighted by atomic mass is 10.3. The second kappa shape index (κ2) is 7.16. The Hall–Kier alpha value is -1.96. The van der Waals surface area contributed by atoms with E-state index in [1.165, 1.54) is 6.33 Å². The number of anilines is 2. The summed E-state index contributed by atoms with van der Waals surface area (Å²) in [5.41, 5.74) is -0.0177. The van der Waals surface area contributed by atoms with E-state index in [0.717, 1.165) is 39.1 Å². The van der Waals surface area contributed by atoms with E-state index in [4.69, 9.17) is 0 Å². The van der Waals surface area contributed by atoms with Crippen LogP contribution in [0.5, 0.6) is 0 Å². The van der Waals surface area contributed by atoms with Crippen molar-refractivity contribution in [2.24, 2.45) is 0 Å². The van der Waals surface area contributed by atoms with Gasteiger partial charge < -0.3 is 15.1 Å². The number of nitrogens with zero attached hydrogens (tertiary/aromatic N) is 5. The smallest absolute Gasteiger partial charge is 0.353 e. The fourth-order valence-electron chi connectivity index (χ4n) is 2.42. The maximum Gasteiger partial charge on any atom is 0.353 e. The van der Waals surface area contributed by atoms with Crippen LogP contribution in [0, 0.1) is 10.1 Å². The summed E-state index contributed by atoms with van der Waals surface area (Å²) in [5.74, 6) is 0.731. The quantitative estimate of drug-likeness (QED) is 0.626. The summed E-state index contributed by atoms with van der Waals surface area (Å²) in [4.78, 5) is 23.5. The van der Waals surface area contributed by atoms with Gasteiger partial charge in [0.2, 0.25) is 11.6 Å². The highest BCUT2D eigenvalue weighted by atomic mass is 16.6. The van der Waals surface area contributed by atoms with E-state index in [1.54, 1.807) is 0 Å². The second-order valence-electron chi connectivity index (χ2n) is 5.00. The van der Waals surface area contributed by atoms with Crippen molar-refractivity contribution in [1.82, 2.24) is 14.9 Å². The van der Waals surface area contributed by atoms with Crippen molar-refractivity contribution in [2.75, 3.05) is 49.5 Å². The Labute approximate surface area is 124 Å². The van der Waals surface area contributed by atoms with E-state index in [2.05, 4.69) is 27.1 Å². The molecule has 2 rings (SSSR count). The number of nitro groups is 1. The zero-order chi connectivity index (χ0) is 15.2. The van der Waals surface area contributed by atoms with Crippen molar-refractivity contribution in [3.63, 3.8) is 0 Å². The summed E-state index contributed by atoms with van der Waals surface area (Å²) in [7, 11) is 0. The van der Waals surface area contributed by atoms with Gasteiger partial charge in [0.1, 0.15) is 6.33 Å². The lowest BCUT2D eigenvalue weighted by Gasteiger charge is -2.34. The van der Waals surface area contributed by atoms with Crippen molar-refractivity contribution >= 4 is 17.3 Å². The molecule has 1 fully saturated rings. The first-order valence-corrected chi connectivity index (χ1v) is 7.37. The van der Waals surface area contributed by atoms with Gasteiger partial charge in [0.05, 0.1) is 4.92 Å². The molecule has 0 amide bonds. The molecule has 1 aliphatic rings. The van der Waals surface area contributed by atoms with Gasteiger partial charge in [-0.1, -0.05) is 13.8 Å². The first kappa shape index (κ1) is 15.4. The van der Waals surface area contributed by atoms with Gasteiger partial charge in [-0.15, -0.1) is 0 Å². The number of hydrogen-bond donors (Lipinski definition) is 1. The van der Waals surface area contributed by atoms with Gasteiger partial charge in [0, 0.05) is 32.7 Å². The molecule has 0 atom stereocenters. The van der Waals surface area contributed by atoms with Crippen LogP contribution in [0.3, 0.4) is 0 Å². The maximum absolute atomic E-state index is 11.4. The van der Waals surface area contributed by atoms with Crippen molar-refractivity contribution in [1.29, 1.82) is 0 Å². The third-order valence-electron chi connectivity index (χ3n) is 3.65. The van der Waals surface area contributed by atoms with E-state index in [0.29, 0.717) is 18.2 Å². The third kappa shape index (κ3) is 3.57. The highest BCUT2D eigenvalue weighted by molar-refractivity contribution is 5.70. The van der Waals surface area contributed by atoms with Crippen LogP contribution in [-0.2, 0) is 0 Å². The van der Waals surface area contributed by atoms with Crippen LogP contribution in [-0.4, -0.2) is 59.1 Å². The van der Waals surface area contributed by atoms with Crippen LogP contribution in [0.2, 0.25) is 0 Å². The number of likely N-dealkylation sites (N-methyl/N-ethyl adjacent to an activating group) is 1. The molecule has 1 saturated heterocycles. The molecule has 1 aliphatic heterocycles. The van der Waals surface area contributed by atoms with Crippen LogP contribution in [0.1, 0.15) is 20.3 Å². The Morgan fingerprint density at radius 3 is 2.57 bits per heavy atom.